The second-order valence-corrected chi connectivity index (χ2v) is 9.75. The molecule has 0 saturated carbocycles. The van der Waals surface area contributed by atoms with Crippen molar-refractivity contribution < 1.29 is 9.47 Å². The van der Waals surface area contributed by atoms with Crippen molar-refractivity contribution >= 4 is 40.8 Å². The van der Waals surface area contributed by atoms with Gasteiger partial charge in [0.2, 0.25) is 0 Å². The van der Waals surface area contributed by atoms with E-state index in [-0.39, 0.29) is 0 Å². The Hall–Kier alpha value is -1.72. The molecule has 2 aromatic carbocycles. The summed E-state index contributed by atoms with van der Waals surface area (Å²) in [4.78, 5) is 3.66. The largest absolute Gasteiger partial charge is 0.494 e. The van der Waals surface area contributed by atoms with Crippen LogP contribution in [0.15, 0.2) is 42.5 Å². The van der Waals surface area contributed by atoms with Gasteiger partial charge in [-0.3, -0.25) is 0 Å². The molecule has 31 heavy (non-hydrogen) atoms. The zero-order valence-electron chi connectivity index (χ0n) is 19.7. The van der Waals surface area contributed by atoms with Gasteiger partial charge < -0.3 is 14.4 Å². The Morgan fingerprint density at radius 2 is 1.39 bits per heavy atom. The number of rotatable bonds is 11. The van der Waals surface area contributed by atoms with Gasteiger partial charge in [-0.05, 0) is 60.6 Å². The van der Waals surface area contributed by atoms with E-state index in [1.54, 1.807) is 0 Å². The molecule has 0 aliphatic rings. The molecule has 0 saturated heterocycles. The van der Waals surface area contributed by atoms with Crippen molar-refractivity contribution in [1.82, 2.24) is 0 Å². The number of hydrogen-bond acceptors (Lipinski definition) is 5. The fourth-order valence-corrected chi connectivity index (χ4v) is 3.48. The number of thiol groups is 2. The molecule has 3 nitrogen and oxygen atoms in total. The molecule has 0 spiro atoms. The molecular formula is C26H37NO2S2. The summed E-state index contributed by atoms with van der Waals surface area (Å²) in [6, 6.07) is 14.3. The van der Waals surface area contributed by atoms with Gasteiger partial charge in [-0.15, -0.1) is 25.3 Å². The molecular weight excluding hydrogens is 422 g/mol. The first-order valence-corrected chi connectivity index (χ1v) is 11.9. The van der Waals surface area contributed by atoms with Crippen LogP contribution in [0, 0.1) is 11.8 Å². The molecule has 0 aromatic heterocycles. The molecule has 0 unspecified atom stereocenters. The summed E-state index contributed by atoms with van der Waals surface area (Å²) in [5.41, 5.74) is 3.05. The highest BCUT2D eigenvalue weighted by atomic mass is 32.1. The lowest BCUT2D eigenvalue weighted by atomic mass is 10.1. The predicted octanol–water partition coefficient (Wildman–Crippen LogP) is 7.29. The zero-order chi connectivity index (χ0) is 23.0. The van der Waals surface area contributed by atoms with Crippen LogP contribution in [-0.4, -0.2) is 27.3 Å². The van der Waals surface area contributed by atoms with Crippen LogP contribution in [0.5, 0.6) is 11.5 Å². The maximum absolute atomic E-state index is 6.12. The Labute approximate surface area is 199 Å². The van der Waals surface area contributed by atoms with Gasteiger partial charge in [-0.1, -0.05) is 39.8 Å². The van der Waals surface area contributed by atoms with Crippen LogP contribution in [0.4, 0.5) is 5.69 Å². The van der Waals surface area contributed by atoms with Gasteiger partial charge >= 0.3 is 0 Å². The van der Waals surface area contributed by atoms with Crippen LogP contribution in [0.2, 0.25) is 0 Å². The van der Waals surface area contributed by atoms with E-state index in [0.29, 0.717) is 25.0 Å². The van der Waals surface area contributed by atoms with Crippen molar-refractivity contribution in [3.63, 3.8) is 0 Å². The third-order valence-corrected chi connectivity index (χ3v) is 6.13. The van der Waals surface area contributed by atoms with E-state index in [2.05, 4.69) is 56.9 Å². The molecule has 0 atom stereocenters. The van der Waals surface area contributed by atoms with Crippen molar-refractivity contribution in [3.8, 4) is 11.5 Å². The lowest BCUT2D eigenvalue weighted by Gasteiger charge is -2.17. The standard InChI is InChI=1S/C26H37NO2S2/c1-18(2)13-15-28-22-11-12-24(29-16-14-19(3)4)23(17-22)26(31)25(30)20-7-9-21(10-8-20)27(5)6/h7-12,17-19,30-31H,13-16H2,1-6H3. The van der Waals surface area contributed by atoms with Crippen molar-refractivity contribution in [1.29, 1.82) is 0 Å². The third-order valence-electron chi connectivity index (χ3n) is 5.00. The highest BCUT2D eigenvalue weighted by molar-refractivity contribution is 7.96. The van der Waals surface area contributed by atoms with Gasteiger partial charge in [0.15, 0.2) is 0 Å². The van der Waals surface area contributed by atoms with Gasteiger partial charge in [-0.25, -0.2) is 0 Å². The van der Waals surface area contributed by atoms with Crippen LogP contribution < -0.4 is 14.4 Å². The van der Waals surface area contributed by atoms with E-state index in [1.165, 1.54) is 0 Å². The number of nitrogens with zero attached hydrogens (tertiary/aromatic N) is 1. The summed E-state index contributed by atoms with van der Waals surface area (Å²) in [5, 5.41) is 0. The number of ether oxygens (including phenoxy) is 2. The number of anilines is 1. The SMILES string of the molecule is CC(C)CCOc1ccc(OCCC(C)C)c(C(S)=C(S)c2ccc(N(C)C)cc2)c1. The van der Waals surface area contributed by atoms with Crippen molar-refractivity contribution in [2.45, 2.75) is 40.5 Å². The second kappa shape index (κ2) is 12.4. The predicted molar refractivity (Wildman–Crippen MR) is 142 cm³/mol. The Morgan fingerprint density at radius 1 is 0.806 bits per heavy atom. The Morgan fingerprint density at radius 3 is 1.94 bits per heavy atom. The minimum atomic E-state index is 0.587. The van der Waals surface area contributed by atoms with Crippen molar-refractivity contribution in [2.24, 2.45) is 11.8 Å². The summed E-state index contributed by atoms with van der Waals surface area (Å²) < 4.78 is 12.1. The highest BCUT2D eigenvalue weighted by Crippen LogP contribution is 2.39. The topological polar surface area (TPSA) is 21.7 Å². The normalized spacial score (nSPS) is 12.2. The summed E-state index contributed by atoms with van der Waals surface area (Å²) in [6.07, 6.45) is 2.01. The molecule has 2 aromatic rings. The molecule has 0 heterocycles. The fraction of sp³-hybridized carbons (Fsp3) is 0.462. The Kier molecular flexibility index (Phi) is 10.2. The van der Waals surface area contributed by atoms with Crippen LogP contribution >= 0.6 is 25.3 Å². The van der Waals surface area contributed by atoms with Gasteiger partial charge in [0, 0.05) is 35.2 Å². The quantitative estimate of drug-likeness (QED) is 0.272. The van der Waals surface area contributed by atoms with Crippen LogP contribution in [0.3, 0.4) is 0 Å². The fourth-order valence-electron chi connectivity index (χ4n) is 2.91. The van der Waals surface area contributed by atoms with Crippen LogP contribution in [-0.2, 0) is 0 Å². The second-order valence-electron chi connectivity index (χ2n) is 8.86. The van der Waals surface area contributed by atoms with Gasteiger partial charge in [0.05, 0.1) is 13.2 Å². The van der Waals surface area contributed by atoms with E-state index in [1.807, 2.05) is 32.3 Å². The van der Waals surface area contributed by atoms with E-state index < -0.39 is 0 Å². The zero-order valence-corrected chi connectivity index (χ0v) is 21.5. The summed E-state index contributed by atoms with van der Waals surface area (Å²) in [5.74, 6) is 2.82. The van der Waals surface area contributed by atoms with Gasteiger partial charge in [0.25, 0.3) is 0 Å². The minimum absolute atomic E-state index is 0.587. The number of hydrogen-bond donors (Lipinski definition) is 2. The van der Waals surface area contributed by atoms with Crippen molar-refractivity contribution in [2.75, 3.05) is 32.2 Å². The molecule has 0 amide bonds. The average Bonchev–Trinajstić information content (AvgIpc) is 2.73. The van der Waals surface area contributed by atoms with E-state index >= 15 is 0 Å². The molecule has 2 rings (SSSR count). The number of benzene rings is 2. The maximum atomic E-state index is 6.12. The van der Waals surface area contributed by atoms with Crippen LogP contribution in [0.1, 0.15) is 51.7 Å². The van der Waals surface area contributed by atoms with E-state index in [4.69, 9.17) is 34.7 Å². The Balaban J connectivity index is 2.35. The first-order chi connectivity index (χ1) is 14.7. The summed E-state index contributed by atoms with van der Waals surface area (Å²) in [7, 11) is 4.06. The lowest BCUT2D eigenvalue weighted by molar-refractivity contribution is 0.281. The molecule has 170 valence electrons. The molecule has 0 bridgehead atoms. The summed E-state index contributed by atoms with van der Waals surface area (Å²) >= 11 is 9.66. The van der Waals surface area contributed by atoms with Gasteiger partial charge in [0.1, 0.15) is 11.5 Å². The van der Waals surface area contributed by atoms with E-state index in [0.717, 1.165) is 51.0 Å². The monoisotopic (exact) mass is 459 g/mol. The Bertz CT molecular complexity index is 858. The lowest BCUT2D eigenvalue weighted by Crippen LogP contribution is -2.08. The first kappa shape index (κ1) is 25.5. The minimum Gasteiger partial charge on any atom is -0.494 e. The first-order valence-electron chi connectivity index (χ1n) is 11.0. The summed E-state index contributed by atoms with van der Waals surface area (Å²) in [6.45, 7) is 10.1. The highest BCUT2D eigenvalue weighted by Gasteiger charge is 2.14. The molecule has 5 heteroatoms. The third kappa shape index (κ3) is 8.04. The smallest absolute Gasteiger partial charge is 0.127 e. The molecule has 0 aliphatic heterocycles. The van der Waals surface area contributed by atoms with Crippen molar-refractivity contribution in [3.05, 3.63) is 53.6 Å². The maximum Gasteiger partial charge on any atom is 0.127 e. The average molecular weight is 460 g/mol. The molecule has 0 radical (unpaired) electrons. The molecule has 0 N–H and O–H groups in total. The van der Waals surface area contributed by atoms with E-state index in [9.17, 15) is 0 Å². The van der Waals surface area contributed by atoms with Gasteiger partial charge in [-0.2, -0.15) is 0 Å². The molecule has 0 fully saturated rings. The van der Waals surface area contributed by atoms with Crippen LogP contribution in [0.25, 0.3) is 9.81 Å². The molecule has 0 aliphatic carbocycles.